The van der Waals surface area contributed by atoms with Crippen molar-refractivity contribution in [3.8, 4) is 11.8 Å². The number of methoxy groups -OCH3 is 1. The van der Waals surface area contributed by atoms with Gasteiger partial charge in [-0.2, -0.15) is 0 Å². The van der Waals surface area contributed by atoms with Crippen molar-refractivity contribution in [1.82, 2.24) is 0 Å². The van der Waals surface area contributed by atoms with Gasteiger partial charge in [-0.15, -0.1) is 0 Å². The molecule has 0 N–H and O–H groups in total. The Bertz CT molecular complexity index is 1060. The van der Waals surface area contributed by atoms with E-state index >= 15 is 0 Å². The topological polar surface area (TPSA) is 27.7 Å². The van der Waals surface area contributed by atoms with Crippen molar-refractivity contribution in [2.24, 2.45) is 5.92 Å². The Hall–Kier alpha value is -2.78. The van der Waals surface area contributed by atoms with E-state index in [-0.39, 0.29) is 17.6 Å². The van der Waals surface area contributed by atoms with Gasteiger partial charge in [0.25, 0.3) is 0 Å². The highest BCUT2D eigenvalue weighted by molar-refractivity contribution is 5.84. The Balaban J connectivity index is 1.45. The van der Waals surface area contributed by atoms with Crippen molar-refractivity contribution in [2.75, 3.05) is 26.9 Å². The second-order valence-corrected chi connectivity index (χ2v) is 6.99. The van der Waals surface area contributed by atoms with E-state index < -0.39 is 11.6 Å². The van der Waals surface area contributed by atoms with Crippen LogP contribution in [0.3, 0.4) is 0 Å². The Morgan fingerprint density at radius 3 is 2.34 bits per heavy atom. The molecule has 5 heteroatoms. The van der Waals surface area contributed by atoms with Crippen LogP contribution in [0.1, 0.15) is 23.0 Å². The van der Waals surface area contributed by atoms with Crippen molar-refractivity contribution in [3.63, 3.8) is 0 Å². The van der Waals surface area contributed by atoms with E-state index in [0.29, 0.717) is 25.2 Å². The molecular formula is C24H20F2O3. The fraction of sp³-hybridized carbons (Fsp3) is 0.250. The molecule has 1 aliphatic heterocycles. The van der Waals surface area contributed by atoms with Gasteiger partial charge in [-0.3, -0.25) is 0 Å². The Morgan fingerprint density at radius 1 is 0.931 bits per heavy atom. The highest BCUT2D eigenvalue weighted by Crippen LogP contribution is 2.25. The molecule has 0 unspecified atom stereocenters. The average Bonchev–Trinajstić information content (AvgIpc) is 2.76. The van der Waals surface area contributed by atoms with Gasteiger partial charge in [0.05, 0.1) is 19.8 Å². The summed E-state index contributed by atoms with van der Waals surface area (Å²) >= 11 is 0. The number of hydrogen-bond acceptors (Lipinski definition) is 3. The third-order valence-corrected chi connectivity index (χ3v) is 4.81. The summed E-state index contributed by atoms with van der Waals surface area (Å²) in [5, 5.41) is 0.865. The molecule has 0 bridgehead atoms. The van der Waals surface area contributed by atoms with Gasteiger partial charge in [-0.25, -0.2) is 8.78 Å². The van der Waals surface area contributed by atoms with Crippen molar-refractivity contribution in [3.05, 3.63) is 82.9 Å². The highest BCUT2D eigenvalue weighted by atomic mass is 19.2. The summed E-state index contributed by atoms with van der Waals surface area (Å²) in [6, 6.07) is 15.4. The largest absolute Gasteiger partial charge is 0.384 e. The van der Waals surface area contributed by atoms with Crippen molar-refractivity contribution < 1.29 is 23.0 Å². The summed E-state index contributed by atoms with van der Waals surface area (Å²) in [5.41, 5.74) is 2.51. The zero-order valence-electron chi connectivity index (χ0n) is 16.0. The average molecular weight is 394 g/mol. The Labute approximate surface area is 168 Å². The highest BCUT2D eigenvalue weighted by Gasteiger charge is 2.23. The molecule has 1 fully saturated rings. The van der Waals surface area contributed by atoms with E-state index in [1.807, 2.05) is 24.3 Å². The van der Waals surface area contributed by atoms with Gasteiger partial charge in [-0.1, -0.05) is 36.1 Å². The van der Waals surface area contributed by atoms with Gasteiger partial charge in [0, 0.05) is 35.1 Å². The van der Waals surface area contributed by atoms with Gasteiger partial charge >= 0.3 is 0 Å². The number of fused-ring (bicyclic) bond motifs is 1. The molecule has 0 spiro atoms. The van der Waals surface area contributed by atoms with E-state index in [4.69, 9.17) is 14.2 Å². The lowest BCUT2D eigenvalue weighted by Crippen LogP contribution is -2.29. The predicted octanol–water partition coefficient (Wildman–Crippen LogP) is 4.83. The van der Waals surface area contributed by atoms with Gasteiger partial charge in [-0.05, 0) is 35.7 Å². The number of rotatable bonds is 3. The number of benzene rings is 3. The van der Waals surface area contributed by atoms with Gasteiger partial charge in [0.15, 0.2) is 17.9 Å². The van der Waals surface area contributed by atoms with Crippen LogP contribution in [0, 0.1) is 29.4 Å². The molecule has 4 rings (SSSR count). The molecule has 0 radical (unpaired) electrons. The predicted molar refractivity (Wildman–Crippen MR) is 106 cm³/mol. The van der Waals surface area contributed by atoms with Crippen LogP contribution in [0.4, 0.5) is 8.78 Å². The van der Waals surface area contributed by atoms with Crippen LogP contribution in [-0.4, -0.2) is 26.9 Å². The van der Waals surface area contributed by atoms with Crippen LogP contribution in [0.15, 0.2) is 54.6 Å². The summed E-state index contributed by atoms with van der Waals surface area (Å²) in [4.78, 5) is 0. The quantitative estimate of drug-likeness (QED) is 0.596. The third kappa shape index (κ3) is 4.46. The first-order chi connectivity index (χ1) is 14.1. The number of halogens is 2. The molecule has 1 heterocycles. The number of hydrogen-bond donors (Lipinski definition) is 0. The molecule has 3 nitrogen and oxygen atoms in total. The molecule has 3 aromatic rings. The third-order valence-electron chi connectivity index (χ3n) is 4.81. The van der Waals surface area contributed by atoms with Gasteiger partial charge in [0.2, 0.25) is 0 Å². The first-order valence-corrected chi connectivity index (χ1v) is 9.36. The van der Waals surface area contributed by atoms with Crippen LogP contribution in [0.5, 0.6) is 0 Å². The molecule has 0 amide bonds. The monoisotopic (exact) mass is 394 g/mol. The Kier molecular flexibility index (Phi) is 5.86. The van der Waals surface area contributed by atoms with Crippen LogP contribution in [0.2, 0.25) is 0 Å². The maximum atomic E-state index is 13.8. The lowest BCUT2D eigenvalue weighted by molar-refractivity contribution is -0.211. The zero-order chi connectivity index (χ0) is 20.2. The molecule has 148 valence electrons. The summed E-state index contributed by atoms with van der Waals surface area (Å²) < 4.78 is 43.8. The minimum atomic E-state index is -0.850. The molecule has 29 heavy (non-hydrogen) atoms. The fourth-order valence-electron chi connectivity index (χ4n) is 3.28. The van der Waals surface area contributed by atoms with Crippen molar-refractivity contribution in [2.45, 2.75) is 6.29 Å². The normalized spacial score (nSPS) is 19.0. The molecule has 0 atom stereocenters. The zero-order valence-corrected chi connectivity index (χ0v) is 16.0. The van der Waals surface area contributed by atoms with E-state index in [0.717, 1.165) is 22.8 Å². The van der Waals surface area contributed by atoms with Gasteiger partial charge < -0.3 is 14.2 Å². The van der Waals surface area contributed by atoms with Crippen LogP contribution in [0.25, 0.3) is 10.8 Å². The molecule has 0 aliphatic carbocycles. The first kappa shape index (κ1) is 19.5. The van der Waals surface area contributed by atoms with Crippen molar-refractivity contribution >= 4 is 10.8 Å². The van der Waals surface area contributed by atoms with E-state index in [1.165, 1.54) is 0 Å². The number of ether oxygens (including phenoxy) is 3. The molecule has 0 aromatic heterocycles. The van der Waals surface area contributed by atoms with E-state index in [1.54, 1.807) is 31.4 Å². The second kappa shape index (κ2) is 8.71. The lowest BCUT2D eigenvalue weighted by atomic mass is 10.1. The van der Waals surface area contributed by atoms with Crippen molar-refractivity contribution in [1.29, 1.82) is 0 Å². The molecule has 1 saturated heterocycles. The van der Waals surface area contributed by atoms with Crippen LogP contribution >= 0.6 is 0 Å². The Morgan fingerprint density at radius 2 is 1.62 bits per heavy atom. The fourth-order valence-corrected chi connectivity index (χ4v) is 3.28. The second-order valence-electron chi connectivity index (χ2n) is 6.99. The molecule has 0 saturated carbocycles. The van der Waals surface area contributed by atoms with Crippen LogP contribution < -0.4 is 0 Å². The maximum Gasteiger partial charge on any atom is 0.183 e. The summed E-state index contributed by atoms with van der Waals surface area (Å²) in [5.74, 6) is 4.73. The smallest absolute Gasteiger partial charge is 0.183 e. The van der Waals surface area contributed by atoms with Crippen LogP contribution in [-0.2, 0) is 14.2 Å². The summed E-state index contributed by atoms with van der Waals surface area (Å²) in [7, 11) is 1.67. The van der Waals surface area contributed by atoms with E-state index in [2.05, 4.69) is 11.8 Å². The minimum Gasteiger partial charge on any atom is -0.384 e. The summed E-state index contributed by atoms with van der Waals surface area (Å²) in [6.07, 6.45) is -0.374. The molecular weight excluding hydrogens is 374 g/mol. The first-order valence-electron chi connectivity index (χ1n) is 9.36. The maximum absolute atomic E-state index is 13.8. The molecule has 1 aliphatic rings. The SMILES string of the molecule is COCC1COC(c2ccc(C#Cc3ccc4c(F)c(F)ccc4c3)cc2)OC1. The standard InChI is InChI=1S/C24H20F2O3/c1-27-13-18-14-28-24(29-15-18)19-7-4-16(5-8-19)2-3-17-6-10-21-20(12-17)9-11-22(25)23(21)26/h4-12,18,24H,13-15H2,1H3. The minimum absolute atomic E-state index is 0.250. The molecule has 3 aromatic carbocycles. The van der Waals surface area contributed by atoms with Gasteiger partial charge in [0.1, 0.15) is 0 Å². The summed E-state index contributed by atoms with van der Waals surface area (Å²) in [6.45, 7) is 1.83. The lowest BCUT2D eigenvalue weighted by Gasteiger charge is -2.29. The van der Waals surface area contributed by atoms with E-state index in [9.17, 15) is 8.78 Å².